The number of methoxy groups -OCH3 is 1. The number of nitrogens with zero attached hydrogens (tertiary/aromatic N) is 3. The van der Waals surface area contributed by atoms with Crippen LogP contribution in [0.1, 0.15) is 27.2 Å². The second-order valence-electron chi connectivity index (χ2n) is 7.94. The Hall–Kier alpha value is -3.61. The molecule has 2 aromatic carbocycles. The molecule has 2 amide bonds. The summed E-state index contributed by atoms with van der Waals surface area (Å²) in [6.07, 6.45) is 0.420. The molecule has 0 aliphatic rings. The van der Waals surface area contributed by atoms with E-state index in [-0.39, 0.29) is 24.3 Å². The van der Waals surface area contributed by atoms with Crippen molar-refractivity contribution in [3.8, 4) is 22.7 Å². The molecule has 7 nitrogen and oxygen atoms in total. The molecule has 0 aliphatic carbocycles. The highest BCUT2D eigenvalue weighted by molar-refractivity contribution is 5.94. The maximum atomic E-state index is 12.8. The summed E-state index contributed by atoms with van der Waals surface area (Å²) in [7, 11) is 1.61. The molecule has 1 N–H and O–H groups in total. The van der Waals surface area contributed by atoms with Gasteiger partial charge in [-0.25, -0.2) is 4.68 Å². The molecule has 3 rings (SSSR count). The Morgan fingerprint density at radius 1 is 1.09 bits per heavy atom. The monoisotopic (exact) mass is 434 g/mol. The molecule has 0 saturated heterocycles. The number of nitrogens with one attached hydrogen (secondary N) is 1. The van der Waals surface area contributed by atoms with Gasteiger partial charge >= 0.3 is 0 Å². The van der Waals surface area contributed by atoms with E-state index in [2.05, 4.69) is 5.32 Å². The fourth-order valence-corrected chi connectivity index (χ4v) is 3.35. The average Bonchev–Trinajstić information content (AvgIpc) is 3.21. The second-order valence-corrected chi connectivity index (χ2v) is 7.94. The molecule has 0 saturated carbocycles. The van der Waals surface area contributed by atoms with Crippen LogP contribution in [0.25, 0.3) is 16.9 Å². The third kappa shape index (κ3) is 5.75. The molecule has 1 heterocycles. The van der Waals surface area contributed by atoms with E-state index < -0.39 is 0 Å². The summed E-state index contributed by atoms with van der Waals surface area (Å²) in [5.41, 5.74) is 2.46. The maximum Gasteiger partial charge on any atom is 0.245 e. The predicted molar refractivity (Wildman–Crippen MR) is 126 cm³/mol. The molecule has 32 heavy (non-hydrogen) atoms. The van der Waals surface area contributed by atoms with Crippen LogP contribution in [0, 0.1) is 5.92 Å². The number of aromatic nitrogens is 2. The van der Waals surface area contributed by atoms with E-state index in [9.17, 15) is 9.59 Å². The zero-order chi connectivity index (χ0) is 23.1. The van der Waals surface area contributed by atoms with Gasteiger partial charge in [0, 0.05) is 24.6 Å². The smallest absolute Gasteiger partial charge is 0.245 e. The summed E-state index contributed by atoms with van der Waals surface area (Å²) in [5.74, 6) is 1.22. The number of hydrogen-bond donors (Lipinski definition) is 1. The van der Waals surface area contributed by atoms with Gasteiger partial charge in [-0.3, -0.25) is 9.59 Å². The SMILES string of the molecule is CCN(CC(=O)Nc1cc(-c2ccccc2)nn1-c1ccc(OC)cc1)C(=O)CC(C)C. The molecular formula is C25H30N4O3. The summed E-state index contributed by atoms with van der Waals surface area (Å²) in [6, 6.07) is 19.0. The number of carbonyl (C=O) groups excluding carboxylic acids is 2. The molecule has 168 valence electrons. The first-order valence-electron chi connectivity index (χ1n) is 10.8. The quantitative estimate of drug-likeness (QED) is 0.542. The topological polar surface area (TPSA) is 76.5 Å². The average molecular weight is 435 g/mol. The van der Waals surface area contributed by atoms with Gasteiger partial charge in [-0.05, 0) is 37.1 Å². The highest BCUT2D eigenvalue weighted by Gasteiger charge is 2.19. The predicted octanol–water partition coefficient (Wildman–Crippen LogP) is 4.38. The summed E-state index contributed by atoms with van der Waals surface area (Å²) in [5, 5.41) is 7.65. The van der Waals surface area contributed by atoms with Crippen molar-refractivity contribution in [1.82, 2.24) is 14.7 Å². The maximum absolute atomic E-state index is 12.8. The molecule has 7 heteroatoms. The van der Waals surface area contributed by atoms with Crippen LogP contribution >= 0.6 is 0 Å². The molecular weight excluding hydrogens is 404 g/mol. The van der Waals surface area contributed by atoms with Gasteiger partial charge in [-0.2, -0.15) is 5.10 Å². The number of amides is 2. The summed E-state index contributed by atoms with van der Waals surface area (Å²) in [4.78, 5) is 26.8. The first kappa shape index (κ1) is 23.1. The highest BCUT2D eigenvalue weighted by atomic mass is 16.5. The largest absolute Gasteiger partial charge is 0.497 e. The Labute approximate surface area is 189 Å². The Kier molecular flexibility index (Phi) is 7.65. The standard InChI is InChI=1S/C25H30N4O3/c1-5-28(25(31)15-18(2)3)17-24(30)26-23-16-22(19-9-7-6-8-10-19)27-29(23)20-11-13-21(32-4)14-12-20/h6-14,16,18H,5,15,17H2,1-4H3,(H,26,30). The first-order valence-corrected chi connectivity index (χ1v) is 10.8. The molecule has 1 aromatic heterocycles. The summed E-state index contributed by atoms with van der Waals surface area (Å²) < 4.78 is 6.93. The minimum Gasteiger partial charge on any atom is -0.497 e. The van der Waals surface area contributed by atoms with E-state index in [1.54, 1.807) is 16.7 Å². The van der Waals surface area contributed by atoms with E-state index in [1.165, 1.54) is 0 Å². The van der Waals surface area contributed by atoms with Crippen LogP contribution in [-0.2, 0) is 9.59 Å². The Morgan fingerprint density at radius 3 is 2.38 bits per heavy atom. The van der Waals surface area contributed by atoms with Crippen molar-refractivity contribution in [2.75, 3.05) is 25.5 Å². The van der Waals surface area contributed by atoms with Crippen LogP contribution in [0.5, 0.6) is 5.75 Å². The highest BCUT2D eigenvalue weighted by Crippen LogP contribution is 2.25. The van der Waals surface area contributed by atoms with Crippen LogP contribution < -0.4 is 10.1 Å². The van der Waals surface area contributed by atoms with Crippen molar-refractivity contribution in [2.45, 2.75) is 27.2 Å². The minimum absolute atomic E-state index is 0.00346. The Bertz CT molecular complexity index is 1040. The van der Waals surface area contributed by atoms with E-state index in [0.717, 1.165) is 22.7 Å². The van der Waals surface area contributed by atoms with Crippen LogP contribution in [-0.4, -0.2) is 46.7 Å². The third-order valence-electron chi connectivity index (χ3n) is 5.02. The number of likely N-dealkylation sites (N-methyl/N-ethyl adjacent to an activating group) is 1. The van der Waals surface area contributed by atoms with Crippen molar-refractivity contribution in [3.63, 3.8) is 0 Å². The zero-order valence-corrected chi connectivity index (χ0v) is 19.0. The third-order valence-corrected chi connectivity index (χ3v) is 5.02. The number of hydrogen-bond acceptors (Lipinski definition) is 4. The van der Waals surface area contributed by atoms with Crippen LogP contribution in [0.3, 0.4) is 0 Å². The van der Waals surface area contributed by atoms with Crippen LogP contribution in [0.2, 0.25) is 0 Å². The number of benzene rings is 2. The number of carbonyl (C=O) groups is 2. The van der Waals surface area contributed by atoms with E-state index >= 15 is 0 Å². The first-order chi connectivity index (χ1) is 15.4. The summed E-state index contributed by atoms with van der Waals surface area (Å²) in [6.45, 7) is 6.33. The lowest BCUT2D eigenvalue weighted by molar-refractivity contribution is -0.135. The molecule has 0 bridgehead atoms. The van der Waals surface area contributed by atoms with Gasteiger partial charge in [0.2, 0.25) is 11.8 Å². The number of anilines is 1. The molecule has 0 unspecified atom stereocenters. The Balaban J connectivity index is 1.87. The molecule has 0 radical (unpaired) electrons. The Morgan fingerprint density at radius 2 is 1.78 bits per heavy atom. The fourth-order valence-electron chi connectivity index (χ4n) is 3.35. The molecule has 0 fully saturated rings. The van der Waals surface area contributed by atoms with Crippen molar-refractivity contribution in [3.05, 3.63) is 60.7 Å². The van der Waals surface area contributed by atoms with Gasteiger partial charge in [0.05, 0.1) is 25.0 Å². The van der Waals surface area contributed by atoms with Gasteiger partial charge in [0.1, 0.15) is 11.6 Å². The van der Waals surface area contributed by atoms with Gasteiger partial charge < -0.3 is 15.0 Å². The molecule has 0 spiro atoms. The lowest BCUT2D eigenvalue weighted by Crippen LogP contribution is -2.38. The van der Waals surface area contributed by atoms with E-state index in [0.29, 0.717) is 18.8 Å². The zero-order valence-electron chi connectivity index (χ0n) is 19.0. The minimum atomic E-state index is -0.266. The van der Waals surface area contributed by atoms with Gasteiger partial charge in [0.25, 0.3) is 0 Å². The molecule has 0 aliphatic heterocycles. The normalized spacial score (nSPS) is 10.8. The lowest BCUT2D eigenvalue weighted by Gasteiger charge is -2.21. The van der Waals surface area contributed by atoms with Crippen LogP contribution in [0.15, 0.2) is 60.7 Å². The van der Waals surface area contributed by atoms with Gasteiger partial charge in [0.15, 0.2) is 0 Å². The van der Waals surface area contributed by atoms with Crippen molar-refractivity contribution in [1.29, 1.82) is 0 Å². The fraction of sp³-hybridized carbons (Fsp3) is 0.320. The van der Waals surface area contributed by atoms with E-state index in [4.69, 9.17) is 9.84 Å². The second kappa shape index (κ2) is 10.6. The number of rotatable bonds is 9. The summed E-state index contributed by atoms with van der Waals surface area (Å²) >= 11 is 0. The lowest BCUT2D eigenvalue weighted by atomic mass is 10.1. The number of ether oxygens (including phenoxy) is 1. The van der Waals surface area contributed by atoms with Crippen molar-refractivity contribution in [2.24, 2.45) is 5.92 Å². The molecule has 0 atom stereocenters. The van der Waals surface area contributed by atoms with Crippen molar-refractivity contribution >= 4 is 17.6 Å². The van der Waals surface area contributed by atoms with Gasteiger partial charge in [-0.1, -0.05) is 44.2 Å². The van der Waals surface area contributed by atoms with Crippen molar-refractivity contribution < 1.29 is 14.3 Å². The van der Waals surface area contributed by atoms with Gasteiger partial charge in [-0.15, -0.1) is 0 Å². The molecule has 3 aromatic rings. The van der Waals surface area contributed by atoms with E-state index in [1.807, 2.05) is 81.4 Å². The van der Waals surface area contributed by atoms with Crippen LogP contribution in [0.4, 0.5) is 5.82 Å².